The van der Waals surface area contributed by atoms with Gasteiger partial charge in [-0.05, 0) is 36.5 Å². The fourth-order valence-corrected chi connectivity index (χ4v) is 3.56. The number of benzene rings is 1. The van der Waals surface area contributed by atoms with E-state index in [1.165, 1.54) is 0 Å². The summed E-state index contributed by atoms with van der Waals surface area (Å²) in [5.74, 6) is 0.118. The smallest absolute Gasteiger partial charge is 0.231 e. The van der Waals surface area contributed by atoms with Crippen LogP contribution in [0, 0.1) is 11.3 Å². The first kappa shape index (κ1) is 13.4. The first-order chi connectivity index (χ1) is 9.55. The molecule has 3 rings (SSSR count). The molecule has 1 fully saturated rings. The minimum atomic E-state index is -0.531. The van der Waals surface area contributed by atoms with E-state index in [1.807, 2.05) is 12.1 Å². The SMILES string of the molecule is C=C[C@@H]1CC(=O)CC[C@@]12Cc1ccc(Cl)cc1NC2=O. The number of carbonyl (C=O) groups is 2. The summed E-state index contributed by atoms with van der Waals surface area (Å²) < 4.78 is 0. The third kappa shape index (κ3) is 1.97. The van der Waals surface area contributed by atoms with Crippen LogP contribution in [0.5, 0.6) is 0 Å². The van der Waals surface area contributed by atoms with Crippen molar-refractivity contribution in [3.63, 3.8) is 0 Å². The standard InChI is InChI=1S/C16H16ClNO2/c1-2-11-7-13(19)5-6-16(11)9-10-3-4-12(17)8-14(10)18-15(16)20/h2-4,8,11H,1,5-7,9H2,(H,18,20)/t11-,16-/m1/s1. The highest BCUT2D eigenvalue weighted by Gasteiger charge is 2.49. The Morgan fingerprint density at radius 3 is 2.95 bits per heavy atom. The minimum Gasteiger partial charge on any atom is -0.325 e. The molecule has 1 N–H and O–H groups in total. The molecule has 0 unspecified atom stereocenters. The average molecular weight is 290 g/mol. The zero-order chi connectivity index (χ0) is 14.3. The fourth-order valence-electron chi connectivity index (χ4n) is 3.39. The summed E-state index contributed by atoms with van der Waals surface area (Å²) in [4.78, 5) is 24.3. The monoisotopic (exact) mass is 289 g/mol. The van der Waals surface area contributed by atoms with Crippen LogP contribution in [0.15, 0.2) is 30.9 Å². The maximum Gasteiger partial charge on any atom is 0.231 e. The summed E-state index contributed by atoms with van der Waals surface area (Å²) in [7, 11) is 0. The summed E-state index contributed by atoms with van der Waals surface area (Å²) in [6, 6.07) is 5.57. The summed E-state index contributed by atoms with van der Waals surface area (Å²) >= 11 is 5.96. The van der Waals surface area contributed by atoms with E-state index in [-0.39, 0.29) is 17.6 Å². The molecule has 0 bridgehead atoms. The van der Waals surface area contributed by atoms with Gasteiger partial charge in [-0.3, -0.25) is 9.59 Å². The van der Waals surface area contributed by atoms with Crippen LogP contribution in [0.2, 0.25) is 5.02 Å². The van der Waals surface area contributed by atoms with Crippen LogP contribution >= 0.6 is 11.6 Å². The van der Waals surface area contributed by atoms with E-state index in [4.69, 9.17) is 11.6 Å². The lowest BCUT2D eigenvalue weighted by Crippen LogP contribution is -2.49. The highest BCUT2D eigenvalue weighted by atomic mass is 35.5. The predicted octanol–water partition coefficient (Wildman–Crippen LogP) is 3.38. The van der Waals surface area contributed by atoms with E-state index in [2.05, 4.69) is 11.9 Å². The van der Waals surface area contributed by atoms with Gasteiger partial charge in [0.05, 0.1) is 5.41 Å². The van der Waals surface area contributed by atoms with Crippen LogP contribution in [-0.2, 0) is 16.0 Å². The van der Waals surface area contributed by atoms with E-state index in [9.17, 15) is 9.59 Å². The number of carbonyl (C=O) groups excluding carboxylic acids is 2. The number of amides is 1. The Morgan fingerprint density at radius 2 is 2.20 bits per heavy atom. The highest BCUT2D eigenvalue weighted by Crippen LogP contribution is 2.47. The second-order valence-electron chi connectivity index (χ2n) is 5.67. The average Bonchev–Trinajstić information content (AvgIpc) is 2.43. The van der Waals surface area contributed by atoms with Crippen LogP contribution in [0.25, 0.3) is 0 Å². The van der Waals surface area contributed by atoms with Gasteiger partial charge in [-0.25, -0.2) is 0 Å². The third-order valence-corrected chi connectivity index (χ3v) is 4.81. The lowest BCUT2D eigenvalue weighted by atomic mass is 9.61. The molecule has 0 aromatic heterocycles. The van der Waals surface area contributed by atoms with Gasteiger partial charge in [-0.15, -0.1) is 6.58 Å². The molecule has 1 heterocycles. The summed E-state index contributed by atoms with van der Waals surface area (Å²) in [6.45, 7) is 3.82. The number of allylic oxidation sites excluding steroid dienone is 1. The van der Waals surface area contributed by atoms with Crippen molar-refractivity contribution in [2.45, 2.75) is 25.7 Å². The van der Waals surface area contributed by atoms with Gasteiger partial charge in [0.1, 0.15) is 5.78 Å². The molecule has 3 nitrogen and oxygen atoms in total. The van der Waals surface area contributed by atoms with Gasteiger partial charge in [0, 0.05) is 23.6 Å². The number of fused-ring (bicyclic) bond motifs is 1. The quantitative estimate of drug-likeness (QED) is 0.806. The molecule has 104 valence electrons. The lowest BCUT2D eigenvalue weighted by Gasteiger charge is -2.44. The Morgan fingerprint density at radius 1 is 1.40 bits per heavy atom. The van der Waals surface area contributed by atoms with E-state index >= 15 is 0 Å². The number of rotatable bonds is 1. The van der Waals surface area contributed by atoms with Gasteiger partial charge >= 0.3 is 0 Å². The van der Waals surface area contributed by atoms with Gasteiger partial charge < -0.3 is 5.32 Å². The molecule has 0 saturated heterocycles. The molecule has 2 atom stereocenters. The highest BCUT2D eigenvalue weighted by molar-refractivity contribution is 6.31. The topological polar surface area (TPSA) is 46.2 Å². The molecule has 1 amide bonds. The molecule has 1 saturated carbocycles. The van der Waals surface area contributed by atoms with Crippen molar-refractivity contribution < 1.29 is 9.59 Å². The predicted molar refractivity (Wildman–Crippen MR) is 78.8 cm³/mol. The van der Waals surface area contributed by atoms with Crippen LogP contribution in [0.3, 0.4) is 0 Å². The molecule has 1 aliphatic heterocycles. The molecule has 1 aromatic rings. The second-order valence-corrected chi connectivity index (χ2v) is 6.11. The van der Waals surface area contributed by atoms with Crippen LogP contribution in [0.1, 0.15) is 24.8 Å². The van der Waals surface area contributed by atoms with E-state index in [0.717, 1.165) is 11.3 Å². The number of hydrogen-bond donors (Lipinski definition) is 1. The number of anilines is 1. The van der Waals surface area contributed by atoms with Crippen LogP contribution in [-0.4, -0.2) is 11.7 Å². The fraction of sp³-hybridized carbons (Fsp3) is 0.375. The first-order valence-electron chi connectivity index (χ1n) is 6.79. The Labute approximate surface area is 123 Å². The number of nitrogens with one attached hydrogen (secondary N) is 1. The number of Topliss-reactive ketones (excluding diaryl/α,β-unsaturated/α-hetero) is 1. The zero-order valence-corrected chi connectivity index (χ0v) is 11.9. The van der Waals surface area contributed by atoms with Crippen molar-refractivity contribution in [3.05, 3.63) is 41.4 Å². The van der Waals surface area contributed by atoms with E-state index < -0.39 is 5.41 Å². The molecular formula is C16H16ClNO2. The van der Waals surface area contributed by atoms with E-state index in [1.54, 1.807) is 12.1 Å². The van der Waals surface area contributed by atoms with Crippen molar-refractivity contribution in [3.8, 4) is 0 Å². The zero-order valence-electron chi connectivity index (χ0n) is 11.1. The Hall–Kier alpha value is -1.61. The maximum atomic E-state index is 12.6. The third-order valence-electron chi connectivity index (χ3n) is 4.57. The molecule has 20 heavy (non-hydrogen) atoms. The van der Waals surface area contributed by atoms with Gasteiger partial charge in [-0.2, -0.15) is 0 Å². The second kappa shape index (κ2) is 4.74. The molecule has 4 heteroatoms. The van der Waals surface area contributed by atoms with Gasteiger partial charge in [0.15, 0.2) is 0 Å². The lowest BCUT2D eigenvalue weighted by molar-refractivity contribution is -0.134. The molecule has 2 aliphatic rings. The Balaban J connectivity index is 2.02. The number of hydrogen-bond acceptors (Lipinski definition) is 2. The molecule has 1 aliphatic carbocycles. The van der Waals surface area contributed by atoms with Crippen molar-refractivity contribution in [1.29, 1.82) is 0 Å². The van der Waals surface area contributed by atoms with Crippen molar-refractivity contribution in [2.75, 3.05) is 5.32 Å². The van der Waals surface area contributed by atoms with Crippen LogP contribution in [0.4, 0.5) is 5.69 Å². The summed E-state index contributed by atoms with van der Waals surface area (Å²) in [5, 5.41) is 3.57. The first-order valence-corrected chi connectivity index (χ1v) is 7.17. The summed E-state index contributed by atoms with van der Waals surface area (Å²) in [5.41, 5.74) is 1.33. The largest absolute Gasteiger partial charge is 0.325 e. The van der Waals surface area contributed by atoms with Gasteiger partial charge in [0.2, 0.25) is 5.91 Å². The van der Waals surface area contributed by atoms with Crippen molar-refractivity contribution >= 4 is 29.0 Å². The van der Waals surface area contributed by atoms with Crippen molar-refractivity contribution in [2.24, 2.45) is 11.3 Å². The number of halogens is 1. The molecule has 1 spiro atoms. The molecule has 1 aromatic carbocycles. The van der Waals surface area contributed by atoms with E-state index in [0.29, 0.717) is 30.7 Å². The maximum absolute atomic E-state index is 12.6. The summed E-state index contributed by atoms with van der Waals surface area (Å²) in [6.07, 6.45) is 3.89. The van der Waals surface area contributed by atoms with Crippen molar-refractivity contribution in [1.82, 2.24) is 0 Å². The van der Waals surface area contributed by atoms with Gasteiger partial charge in [0.25, 0.3) is 0 Å². The Kier molecular flexibility index (Phi) is 3.17. The number of ketones is 1. The minimum absolute atomic E-state index is 0.00957. The van der Waals surface area contributed by atoms with Gasteiger partial charge in [-0.1, -0.05) is 23.7 Å². The molecule has 0 radical (unpaired) electrons. The Bertz CT molecular complexity index is 610. The molecular weight excluding hydrogens is 274 g/mol. The van der Waals surface area contributed by atoms with Crippen LogP contribution < -0.4 is 5.32 Å². The normalized spacial score (nSPS) is 28.9.